The third-order valence-corrected chi connectivity index (χ3v) is 7.39. The number of benzene rings is 1. The Labute approximate surface area is 197 Å². The van der Waals surface area contributed by atoms with Gasteiger partial charge in [-0.05, 0) is 60.8 Å². The van der Waals surface area contributed by atoms with Gasteiger partial charge in [0, 0.05) is 16.3 Å². The van der Waals surface area contributed by atoms with Crippen molar-refractivity contribution >= 4 is 51.4 Å². The van der Waals surface area contributed by atoms with Crippen molar-refractivity contribution in [2.75, 3.05) is 11.9 Å². The summed E-state index contributed by atoms with van der Waals surface area (Å²) in [6.45, 7) is 7.07. The first-order valence-corrected chi connectivity index (χ1v) is 12.0. The Morgan fingerprint density at radius 1 is 1.29 bits per heavy atom. The van der Waals surface area contributed by atoms with Crippen LogP contribution in [0.15, 0.2) is 18.2 Å². The number of ether oxygens (including phenoxy) is 1. The van der Waals surface area contributed by atoms with Crippen molar-refractivity contribution in [1.29, 1.82) is 0 Å². The summed E-state index contributed by atoms with van der Waals surface area (Å²) in [6.07, 6.45) is 3.52. The average Bonchev–Trinajstić information content (AvgIpc) is 3.03. The fourth-order valence-corrected chi connectivity index (χ4v) is 5.68. The second kappa shape index (κ2) is 9.80. The molecule has 0 fully saturated rings. The largest absolute Gasteiger partial charge is 0.492 e. The number of carbonyl (C=O) groups excluding carboxylic acids is 2. The first-order chi connectivity index (χ1) is 14.6. The van der Waals surface area contributed by atoms with Crippen molar-refractivity contribution in [3.63, 3.8) is 0 Å². The molecular formula is C23H28Cl2N2O3S. The van der Waals surface area contributed by atoms with Crippen LogP contribution in [-0.2, 0) is 17.6 Å². The number of rotatable bonds is 7. The first-order valence-electron chi connectivity index (χ1n) is 10.4. The van der Waals surface area contributed by atoms with E-state index in [2.05, 4.69) is 26.1 Å². The van der Waals surface area contributed by atoms with E-state index in [9.17, 15) is 9.59 Å². The Morgan fingerprint density at radius 3 is 2.68 bits per heavy atom. The van der Waals surface area contributed by atoms with Gasteiger partial charge < -0.3 is 15.8 Å². The minimum atomic E-state index is -0.484. The lowest BCUT2D eigenvalue weighted by atomic mass is 9.72. The molecular weight excluding hydrogens is 455 g/mol. The smallest absolute Gasteiger partial charge is 0.251 e. The van der Waals surface area contributed by atoms with E-state index in [1.54, 1.807) is 18.2 Å². The number of hydrogen-bond donors (Lipinski definition) is 2. The maximum atomic E-state index is 12.5. The lowest BCUT2D eigenvalue weighted by molar-refractivity contribution is -0.116. The number of nitrogens with one attached hydrogen (secondary N) is 1. The van der Waals surface area contributed by atoms with E-state index in [0.717, 1.165) is 29.7 Å². The zero-order valence-corrected chi connectivity index (χ0v) is 20.3. The minimum absolute atomic E-state index is 0.167. The molecule has 5 nitrogen and oxygen atoms in total. The van der Waals surface area contributed by atoms with Crippen molar-refractivity contribution in [2.24, 2.45) is 17.1 Å². The second-order valence-corrected chi connectivity index (χ2v) is 10.9. The van der Waals surface area contributed by atoms with Gasteiger partial charge in [0.1, 0.15) is 10.8 Å². The average molecular weight is 483 g/mol. The van der Waals surface area contributed by atoms with Crippen molar-refractivity contribution in [3.05, 3.63) is 44.2 Å². The lowest BCUT2D eigenvalue weighted by Gasteiger charge is -2.33. The number of carbonyl (C=O) groups is 2. The highest BCUT2D eigenvalue weighted by molar-refractivity contribution is 7.17. The van der Waals surface area contributed by atoms with Gasteiger partial charge in [0.15, 0.2) is 0 Å². The standard InChI is InChI=1S/C23H28Cl2N2O3S/c1-23(2,3)13-6-8-15-18(11-13)31-22(20(15)21(26)29)27-19(28)5-4-10-30-17-9-7-14(24)12-16(17)25/h7,9,12-13H,4-6,8,10-11H2,1-3H3,(H2,26,29)(H,27,28). The molecule has 0 bridgehead atoms. The van der Waals surface area contributed by atoms with E-state index in [4.69, 9.17) is 33.7 Å². The van der Waals surface area contributed by atoms with Crippen molar-refractivity contribution < 1.29 is 14.3 Å². The van der Waals surface area contributed by atoms with Gasteiger partial charge in [0.25, 0.3) is 5.91 Å². The monoisotopic (exact) mass is 482 g/mol. The van der Waals surface area contributed by atoms with Crippen LogP contribution in [0, 0.1) is 11.3 Å². The van der Waals surface area contributed by atoms with Gasteiger partial charge in [0.05, 0.1) is 17.2 Å². The molecule has 0 saturated heterocycles. The maximum Gasteiger partial charge on any atom is 0.251 e. The fourth-order valence-electron chi connectivity index (χ4n) is 3.87. The maximum absolute atomic E-state index is 12.5. The summed E-state index contributed by atoms with van der Waals surface area (Å²) >= 11 is 13.4. The summed E-state index contributed by atoms with van der Waals surface area (Å²) in [6, 6.07) is 5.01. The predicted molar refractivity (Wildman–Crippen MR) is 128 cm³/mol. The first kappa shape index (κ1) is 23.9. The molecule has 1 aromatic carbocycles. The van der Waals surface area contributed by atoms with Crippen LogP contribution in [0.3, 0.4) is 0 Å². The van der Waals surface area contributed by atoms with E-state index in [-0.39, 0.29) is 17.7 Å². The molecule has 168 valence electrons. The van der Waals surface area contributed by atoms with Gasteiger partial charge in [0.2, 0.25) is 5.91 Å². The van der Waals surface area contributed by atoms with Crippen LogP contribution in [0.5, 0.6) is 5.75 Å². The summed E-state index contributed by atoms with van der Waals surface area (Å²) in [7, 11) is 0. The predicted octanol–water partition coefficient (Wildman–Crippen LogP) is 6.10. The molecule has 1 atom stereocenters. The number of fused-ring (bicyclic) bond motifs is 1. The molecule has 0 spiro atoms. The van der Waals surface area contributed by atoms with E-state index >= 15 is 0 Å². The SMILES string of the molecule is CC(C)(C)C1CCc2c(sc(NC(=O)CCCOc3ccc(Cl)cc3Cl)c2C(N)=O)C1. The molecule has 2 aromatic rings. The van der Waals surface area contributed by atoms with Gasteiger partial charge in [-0.2, -0.15) is 0 Å². The van der Waals surface area contributed by atoms with Gasteiger partial charge in [-0.15, -0.1) is 11.3 Å². The van der Waals surface area contributed by atoms with E-state index in [1.165, 1.54) is 11.3 Å². The van der Waals surface area contributed by atoms with E-state index in [0.29, 0.717) is 45.3 Å². The van der Waals surface area contributed by atoms with E-state index in [1.807, 2.05) is 0 Å². The topological polar surface area (TPSA) is 81.4 Å². The highest BCUT2D eigenvalue weighted by atomic mass is 35.5. The highest BCUT2D eigenvalue weighted by Crippen LogP contribution is 2.44. The summed E-state index contributed by atoms with van der Waals surface area (Å²) in [5.41, 5.74) is 7.35. The molecule has 0 radical (unpaired) electrons. The normalized spacial score (nSPS) is 16.0. The summed E-state index contributed by atoms with van der Waals surface area (Å²) in [4.78, 5) is 25.8. The number of thiophene rings is 1. The molecule has 1 aliphatic carbocycles. The number of nitrogens with two attached hydrogens (primary N) is 1. The Balaban J connectivity index is 1.59. The lowest BCUT2D eigenvalue weighted by Crippen LogP contribution is -2.27. The molecule has 1 aromatic heterocycles. The van der Waals surface area contributed by atoms with Crippen LogP contribution in [0.4, 0.5) is 5.00 Å². The fraction of sp³-hybridized carbons (Fsp3) is 0.478. The number of anilines is 1. The minimum Gasteiger partial charge on any atom is -0.492 e. The van der Waals surface area contributed by atoms with Crippen molar-refractivity contribution in [2.45, 2.75) is 52.9 Å². The third-order valence-electron chi connectivity index (χ3n) is 5.69. The Kier molecular flexibility index (Phi) is 7.55. The molecule has 8 heteroatoms. The number of primary amides is 1. The Bertz CT molecular complexity index is 982. The zero-order valence-electron chi connectivity index (χ0n) is 18.0. The number of amides is 2. The molecule has 1 aliphatic rings. The summed E-state index contributed by atoms with van der Waals surface area (Å²) < 4.78 is 5.62. The Morgan fingerprint density at radius 2 is 2.03 bits per heavy atom. The van der Waals surface area contributed by atoms with Gasteiger partial charge in [-0.25, -0.2) is 0 Å². The van der Waals surface area contributed by atoms with Crippen LogP contribution in [-0.4, -0.2) is 18.4 Å². The van der Waals surface area contributed by atoms with Crippen LogP contribution in [0.2, 0.25) is 10.0 Å². The summed E-state index contributed by atoms with van der Waals surface area (Å²) in [5.74, 6) is 0.420. The molecule has 0 aliphatic heterocycles. The molecule has 3 N–H and O–H groups in total. The molecule has 0 saturated carbocycles. The third kappa shape index (κ3) is 5.93. The molecule has 1 unspecified atom stereocenters. The van der Waals surface area contributed by atoms with Crippen LogP contribution in [0.1, 0.15) is 60.8 Å². The zero-order chi connectivity index (χ0) is 22.8. The van der Waals surface area contributed by atoms with Gasteiger partial charge >= 0.3 is 0 Å². The van der Waals surface area contributed by atoms with Gasteiger partial charge in [-0.3, -0.25) is 9.59 Å². The molecule has 1 heterocycles. The van der Waals surface area contributed by atoms with Crippen LogP contribution in [0.25, 0.3) is 0 Å². The van der Waals surface area contributed by atoms with Crippen molar-refractivity contribution in [3.8, 4) is 5.75 Å². The summed E-state index contributed by atoms with van der Waals surface area (Å²) in [5, 5.41) is 4.44. The van der Waals surface area contributed by atoms with Crippen LogP contribution >= 0.6 is 34.5 Å². The molecule has 3 rings (SSSR count). The van der Waals surface area contributed by atoms with Crippen LogP contribution < -0.4 is 15.8 Å². The second-order valence-electron chi connectivity index (χ2n) is 8.95. The number of hydrogen-bond acceptors (Lipinski definition) is 4. The quantitative estimate of drug-likeness (QED) is 0.467. The van der Waals surface area contributed by atoms with Gasteiger partial charge in [-0.1, -0.05) is 44.0 Å². The highest BCUT2D eigenvalue weighted by Gasteiger charge is 2.33. The van der Waals surface area contributed by atoms with E-state index < -0.39 is 5.91 Å². The molecule has 31 heavy (non-hydrogen) atoms. The van der Waals surface area contributed by atoms with Crippen molar-refractivity contribution in [1.82, 2.24) is 0 Å². The molecule has 2 amide bonds. The Hall–Kier alpha value is -1.76. The number of halogens is 2.